The van der Waals surface area contributed by atoms with Gasteiger partial charge in [-0.15, -0.1) is 0 Å². The maximum Gasteiger partial charge on any atom is 0.337 e. The second kappa shape index (κ2) is 8.81. The molecule has 0 bridgehead atoms. The molecule has 1 aliphatic heterocycles. The molecule has 148 valence electrons. The Hall–Kier alpha value is -2.97. The number of methoxy groups -OCH3 is 1. The average Bonchev–Trinajstić information content (AvgIpc) is 3.16. The molecule has 0 radical (unpaired) electrons. The zero-order valence-corrected chi connectivity index (χ0v) is 15.8. The summed E-state index contributed by atoms with van der Waals surface area (Å²) in [6.07, 6.45) is 2.29. The van der Waals surface area contributed by atoms with Gasteiger partial charge in [0.05, 0.1) is 38.5 Å². The van der Waals surface area contributed by atoms with Crippen LogP contribution in [-0.2, 0) is 19.0 Å². The van der Waals surface area contributed by atoms with Crippen molar-refractivity contribution in [3.63, 3.8) is 0 Å². The standard InChI is InChI=1S/C20H22N2O6/c1-20(26-10-3-11-27-20)12-18(23)22-21-13-16-8-9-17(28-16)14-4-6-15(7-5-14)19(24)25-2/h4-9,13H,3,10-12H2,1-2H3,(H,22,23). The molecule has 1 N–H and O–H groups in total. The number of amides is 1. The van der Waals surface area contributed by atoms with E-state index in [1.54, 1.807) is 43.3 Å². The molecule has 1 saturated heterocycles. The van der Waals surface area contributed by atoms with E-state index in [1.807, 2.05) is 0 Å². The number of furan rings is 1. The Labute approximate surface area is 162 Å². The molecule has 0 atom stereocenters. The second-order valence-corrected chi connectivity index (χ2v) is 6.43. The number of benzene rings is 1. The number of nitrogens with zero attached hydrogens (tertiary/aromatic N) is 1. The lowest BCUT2D eigenvalue weighted by Gasteiger charge is -2.33. The van der Waals surface area contributed by atoms with Crippen LogP contribution >= 0.6 is 0 Å². The summed E-state index contributed by atoms with van der Waals surface area (Å²) in [5.74, 6) is -0.533. The van der Waals surface area contributed by atoms with Crippen LogP contribution in [0.25, 0.3) is 11.3 Å². The zero-order valence-electron chi connectivity index (χ0n) is 15.8. The lowest BCUT2D eigenvalue weighted by Crippen LogP contribution is -2.41. The first-order chi connectivity index (χ1) is 13.5. The fraction of sp³-hybridized carbons (Fsp3) is 0.350. The van der Waals surface area contributed by atoms with E-state index in [4.69, 9.17) is 13.9 Å². The number of carbonyl (C=O) groups excluding carboxylic acids is 2. The van der Waals surface area contributed by atoms with Gasteiger partial charge in [-0.2, -0.15) is 5.10 Å². The quantitative estimate of drug-likeness (QED) is 0.466. The zero-order chi connectivity index (χ0) is 20.0. The van der Waals surface area contributed by atoms with Crippen LogP contribution in [0.2, 0.25) is 0 Å². The summed E-state index contributed by atoms with van der Waals surface area (Å²) in [6.45, 7) is 2.88. The van der Waals surface area contributed by atoms with Crippen LogP contribution in [0.1, 0.15) is 35.9 Å². The minimum Gasteiger partial charge on any atom is -0.465 e. The highest BCUT2D eigenvalue weighted by molar-refractivity contribution is 5.90. The highest BCUT2D eigenvalue weighted by Crippen LogP contribution is 2.23. The molecule has 2 heterocycles. The average molecular weight is 386 g/mol. The van der Waals surface area contributed by atoms with Crippen LogP contribution in [0.4, 0.5) is 0 Å². The molecule has 1 amide bonds. The Balaban J connectivity index is 1.55. The molecule has 0 spiro atoms. The fourth-order valence-corrected chi connectivity index (χ4v) is 2.74. The van der Waals surface area contributed by atoms with Crippen LogP contribution in [0, 0.1) is 0 Å². The molecule has 28 heavy (non-hydrogen) atoms. The van der Waals surface area contributed by atoms with Crippen molar-refractivity contribution in [3.05, 3.63) is 47.7 Å². The van der Waals surface area contributed by atoms with Crippen LogP contribution in [-0.4, -0.2) is 44.2 Å². The van der Waals surface area contributed by atoms with E-state index in [9.17, 15) is 9.59 Å². The van der Waals surface area contributed by atoms with Gasteiger partial charge in [-0.3, -0.25) is 4.79 Å². The number of hydrogen-bond donors (Lipinski definition) is 1. The van der Waals surface area contributed by atoms with Crippen molar-refractivity contribution in [2.24, 2.45) is 5.10 Å². The number of esters is 1. The first-order valence-corrected chi connectivity index (χ1v) is 8.87. The van der Waals surface area contributed by atoms with Gasteiger partial charge in [-0.1, -0.05) is 12.1 Å². The van der Waals surface area contributed by atoms with Crippen molar-refractivity contribution in [1.82, 2.24) is 5.43 Å². The molecule has 1 fully saturated rings. The molecule has 0 saturated carbocycles. The molecule has 0 unspecified atom stereocenters. The van der Waals surface area contributed by atoms with E-state index in [1.165, 1.54) is 13.3 Å². The van der Waals surface area contributed by atoms with Crippen LogP contribution < -0.4 is 5.43 Å². The maximum atomic E-state index is 12.0. The summed E-state index contributed by atoms with van der Waals surface area (Å²) in [5.41, 5.74) is 3.70. The summed E-state index contributed by atoms with van der Waals surface area (Å²) in [6, 6.07) is 10.4. The highest BCUT2D eigenvalue weighted by atomic mass is 16.7. The summed E-state index contributed by atoms with van der Waals surface area (Å²) in [7, 11) is 1.34. The van der Waals surface area contributed by atoms with E-state index < -0.39 is 11.8 Å². The van der Waals surface area contributed by atoms with Gasteiger partial charge in [0, 0.05) is 5.56 Å². The van der Waals surface area contributed by atoms with E-state index in [-0.39, 0.29) is 12.3 Å². The van der Waals surface area contributed by atoms with Crippen molar-refractivity contribution in [3.8, 4) is 11.3 Å². The van der Waals surface area contributed by atoms with Crippen molar-refractivity contribution in [2.45, 2.75) is 25.6 Å². The van der Waals surface area contributed by atoms with Gasteiger partial charge in [-0.05, 0) is 37.6 Å². The number of rotatable bonds is 6. The molecule has 1 aromatic carbocycles. The molecule has 8 heteroatoms. The predicted molar refractivity (Wildman–Crippen MR) is 101 cm³/mol. The first-order valence-electron chi connectivity index (χ1n) is 8.87. The lowest BCUT2D eigenvalue weighted by atomic mass is 10.1. The fourth-order valence-electron chi connectivity index (χ4n) is 2.74. The monoisotopic (exact) mass is 386 g/mol. The van der Waals surface area contributed by atoms with Crippen molar-refractivity contribution >= 4 is 18.1 Å². The van der Waals surface area contributed by atoms with Gasteiger partial charge < -0.3 is 18.6 Å². The lowest BCUT2D eigenvalue weighted by molar-refractivity contribution is -0.256. The molecule has 1 aromatic heterocycles. The first kappa shape index (κ1) is 19.8. The number of hydrazone groups is 1. The maximum absolute atomic E-state index is 12.0. The normalized spacial score (nSPS) is 16.1. The Morgan fingerprint density at radius 3 is 2.57 bits per heavy atom. The van der Waals surface area contributed by atoms with Gasteiger partial charge in [0.2, 0.25) is 5.91 Å². The van der Waals surface area contributed by atoms with E-state index >= 15 is 0 Å². The third kappa shape index (κ3) is 5.05. The Bertz CT molecular complexity index is 850. The van der Waals surface area contributed by atoms with Crippen molar-refractivity contribution < 1.29 is 28.2 Å². The van der Waals surface area contributed by atoms with Gasteiger partial charge in [0.1, 0.15) is 11.5 Å². The number of hydrogen-bond acceptors (Lipinski definition) is 7. The summed E-state index contributed by atoms with van der Waals surface area (Å²) in [4.78, 5) is 23.5. The minimum atomic E-state index is -0.911. The van der Waals surface area contributed by atoms with Gasteiger partial charge in [0.25, 0.3) is 0 Å². The summed E-state index contributed by atoms with van der Waals surface area (Å²) in [5, 5.41) is 3.90. The smallest absolute Gasteiger partial charge is 0.337 e. The van der Waals surface area contributed by atoms with Gasteiger partial charge in [-0.25, -0.2) is 10.2 Å². The molecule has 8 nitrogen and oxygen atoms in total. The third-order valence-electron chi connectivity index (χ3n) is 4.18. The van der Waals surface area contributed by atoms with Crippen LogP contribution in [0.5, 0.6) is 0 Å². The number of carbonyl (C=O) groups is 2. The van der Waals surface area contributed by atoms with E-state index in [2.05, 4.69) is 15.3 Å². The number of nitrogens with one attached hydrogen (secondary N) is 1. The SMILES string of the molecule is COC(=O)c1ccc(-c2ccc(C=NNC(=O)CC3(C)OCCCO3)o2)cc1. The van der Waals surface area contributed by atoms with E-state index in [0.29, 0.717) is 30.3 Å². The molecule has 0 aliphatic carbocycles. The Morgan fingerprint density at radius 1 is 1.18 bits per heavy atom. The molecule has 3 rings (SSSR count). The third-order valence-corrected chi connectivity index (χ3v) is 4.18. The van der Waals surface area contributed by atoms with Gasteiger partial charge in [0.15, 0.2) is 5.79 Å². The summed E-state index contributed by atoms with van der Waals surface area (Å²) < 4.78 is 21.4. The second-order valence-electron chi connectivity index (χ2n) is 6.43. The predicted octanol–water partition coefficient (Wildman–Crippen LogP) is 2.73. The minimum absolute atomic E-state index is 0.0558. The molecular weight excluding hydrogens is 364 g/mol. The van der Waals surface area contributed by atoms with Crippen molar-refractivity contribution in [1.29, 1.82) is 0 Å². The number of ether oxygens (including phenoxy) is 3. The van der Waals surface area contributed by atoms with Crippen LogP contribution in [0.3, 0.4) is 0 Å². The van der Waals surface area contributed by atoms with Gasteiger partial charge >= 0.3 is 5.97 Å². The Kier molecular flexibility index (Phi) is 6.23. The van der Waals surface area contributed by atoms with Crippen LogP contribution in [0.15, 0.2) is 45.9 Å². The summed E-state index contributed by atoms with van der Waals surface area (Å²) >= 11 is 0. The molecule has 2 aromatic rings. The van der Waals surface area contributed by atoms with E-state index in [0.717, 1.165) is 12.0 Å². The Morgan fingerprint density at radius 2 is 1.89 bits per heavy atom. The topological polar surface area (TPSA) is 99.4 Å². The molecular formula is C20H22N2O6. The van der Waals surface area contributed by atoms with Crippen molar-refractivity contribution in [2.75, 3.05) is 20.3 Å². The molecule has 1 aliphatic rings. The highest BCUT2D eigenvalue weighted by Gasteiger charge is 2.31. The largest absolute Gasteiger partial charge is 0.465 e.